The quantitative estimate of drug-likeness (QED) is 0.236. The van der Waals surface area contributed by atoms with Gasteiger partial charge in [-0.3, -0.25) is 0 Å². The Morgan fingerprint density at radius 1 is 1.00 bits per heavy atom. The van der Waals surface area contributed by atoms with Gasteiger partial charge in [0.25, 0.3) is 0 Å². The van der Waals surface area contributed by atoms with Crippen molar-refractivity contribution < 1.29 is 9.53 Å². The minimum Gasteiger partial charge on any atom is -0.458 e. The molecule has 3 heteroatoms. The molecule has 4 aliphatic carbocycles. The topological polar surface area (TPSA) is 52.3 Å². The van der Waals surface area contributed by atoms with Crippen LogP contribution in [0.2, 0.25) is 0 Å². The van der Waals surface area contributed by atoms with Crippen molar-refractivity contribution in [2.24, 2.45) is 46.8 Å². The number of allylic oxidation sites excluding steroid dienone is 1. The van der Waals surface area contributed by atoms with Crippen molar-refractivity contribution >= 4 is 11.7 Å². The molecule has 0 amide bonds. The van der Waals surface area contributed by atoms with Crippen LogP contribution < -0.4 is 5.73 Å². The molecule has 1 aromatic carbocycles. The van der Waals surface area contributed by atoms with E-state index in [1.807, 2.05) is 0 Å². The number of rotatable bonds is 7. The van der Waals surface area contributed by atoms with Gasteiger partial charge in [0.15, 0.2) is 0 Å². The Labute approximate surface area is 219 Å². The van der Waals surface area contributed by atoms with Crippen molar-refractivity contribution in [2.75, 3.05) is 5.73 Å². The number of benzene rings is 1. The van der Waals surface area contributed by atoms with Crippen LogP contribution in [0, 0.1) is 46.8 Å². The van der Waals surface area contributed by atoms with E-state index in [2.05, 4.69) is 33.8 Å². The SMILES string of the molecule is CC(C)CCC[C@@H](C)[C@@H]1CC[C@H]2[C@H]1CC[C@@H]1[C@H]2CC=C2C[C@@H](OC(=O)c3ccc(N)cc3)CC[C@@]21C. The van der Waals surface area contributed by atoms with Crippen molar-refractivity contribution in [1.29, 1.82) is 0 Å². The van der Waals surface area contributed by atoms with Gasteiger partial charge in [0.05, 0.1) is 5.56 Å². The molecule has 0 bridgehead atoms. The lowest BCUT2D eigenvalue weighted by Crippen LogP contribution is -2.48. The van der Waals surface area contributed by atoms with Gasteiger partial charge in [-0.1, -0.05) is 58.6 Å². The third-order valence-electron chi connectivity index (χ3n) is 11.0. The molecular weight excluding hydrogens is 442 g/mol. The highest BCUT2D eigenvalue weighted by Gasteiger charge is 2.54. The van der Waals surface area contributed by atoms with E-state index in [4.69, 9.17) is 10.5 Å². The summed E-state index contributed by atoms with van der Waals surface area (Å²) in [5.74, 6) is 6.09. The van der Waals surface area contributed by atoms with Crippen molar-refractivity contribution in [1.82, 2.24) is 0 Å². The first-order chi connectivity index (χ1) is 17.3. The maximum absolute atomic E-state index is 12.7. The number of fused-ring (bicyclic) bond motifs is 5. The molecule has 3 saturated carbocycles. The van der Waals surface area contributed by atoms with Crippen LogP contribution in [0.4, 0.5) is 5.69 Å². The molecule has 8 atom stereocenters. The largest absolute Gasteiger partial charge is 0.458 e. The number of anilines is 1. The normalized spacial score (nSPS) is 36.4. The predicted molar refractivity (Wildman–Crippen MR) is 148 cm³/mol. The van der Waals surface area contributed by atoms with E-state index in [-0.39, 0.29) is 12.1 Å². The molecule has 0 unspecified atom stereocenters. The van der Waals surface area contributed by atoms with Crippen LogP contribution in [0.1, 0.15) is 109 Å². The summed E-state index contributed by atoms with van der Waals surface area (Å²) in [6, 6.07) is 7.09. The highest BCUT2D eigenvalue weighted by atomic mass is 16.5. The second kappa shape index (κ2) is 10.5. The van der Waals surface area contributed by atoms with Gasteiger partial charge in [-0.05, 0) is 116 Å². The summed E-state index contributed by atoms with van der Waals surface area (Å²) in [5, 5.41) is 0. The van der Waals surface area contributed by atoms with E-state index >= 15 is 0 Å². The summed E-state index contributed by atoms with van der Waals surface area (Å²) in [6.07, 6.45) is 16.9. The molecule has 2 N–H and O–H groups in total. The Kier molecular flexibility index (Phi) is 7.57. The van der Waals surface area contributed by atoms with Gasteiger partial charge in [-0.2, -0.15) is 0 Å². The summed E-state index contributed by atoms with van der Waals surface area (Å²) in [7, 11) is 0. The van der Waals surface area contributed by atoms with Crippen LogP contribution in [0.5, 0.6) is 0 Å². The molecule has 5 rings (SSSR count). The molecule has 1 aromatic rings. The van der Waals surface area contributed by atoms with E-state index in [0.717, 1.165) is 60.7 Å². The summed E-state index contributed by atoms with van der Waals surface area (Å²) in [6.45, 7) is 9.84. The summed E-state index contributed by atoms with van der Waals surface area (Å²) < 4.78 is 5.98. The monoisotopic (exact) mass is 491 g/mol. The Bertz CT molecular complexity index is 949. The number of nitrogens with two attached hydrogens (primary N) is 1. The van der Waals surface area contributed by atoms with Gasteiger partial charge in [-0.15, -0.1) is 0 Å². The van der Waals surface area contributed by atoms with Crippen LogP contribution >= 0.6 is 0 Å². The molecular formula is C33H49NO2. The summed E-state index contributed by atoms with van der Waals surface area (Å²) in [4.78, 5) is 12.7. The number of carbonyl (C=O) groups excluding carboxylic acids is 1. The van der Waals surface area contributed by atoms with Crippen LogP contribution in [-0.2, 0) is 4.74 Å². The third-order valence-corrected chi connectivity index (χ3v) is 11.0. The van der Waals surface area contributed by atoms with Gasteiger partial charge < -0.3 is 10.5 Å². The third kappa shape index (κ3) is 5.01. The second-order valence-corrected chi connectivity index (χ2v) is 13.5. The Hall–Kier alpha value is -1.77. The van der Waals surface area contributed by atoms with Crippen molar-refractivity contribution in [3.05, 3.63) is 41.5 Å². The summed E-state index contributed by atoms with van der Waals surface area (Å²) >= 11 is 0. The van der Waals surface area contributed by atoms with Crippen molar-refractivity contribution in [3.8, 4) is 0 Å². The Morgan fingerprint density at radius 3 is 2.50 bits per heavy atom. The smallest absolute Gasteiger partial charge is 0.338 e. The Morgan fingerprint density at radius 2 is 1.75 bits per heavy atom. The first-order valence-electron chi connectivity index (χ1n) is 15.0. The molecule has 0 aliphatic heterocycles. The standard InChI is InChI=1S/C33H49NO2/c1-21(2)6-5-7-22(3)27-14-15-29-28(27)16-17-31-30(29)13-10-24-20-26(18-19-33(24,31)4)36-32(35)23-8-11-25(34)12-9-23/h8-12,21-22,26-31H,5-7,13-20,34H2,1-4H3/t22-,26+,27+,28+,29+,30+,31-,33+/m1/s1. The first kappa shape index (κ1) is 25.9. The minimum absolute atomic E-state index is 0.00446. The lowest BCUT2D eigenvalue weighted by Gasteiger charge is -2.55. The zero-order valence-corrected chi connectivity index (χ0v) is 23.2. The fourth-order valence-electron chi connectivity index (χ4n) is 9.03. The van der Waals surface area contributed by atoms with Crippen molar-refractivity contribution in [3.63, 3.8) is 0 Å². The Balaban J connectivity index is 1.22. The molecule has 0 radical (unpaired) electrons. The number of hydrogen-bond acceptors (Lipinski definition) is 3. The van der Waals surface area contributed by atoms with Crippen LogP contribution in [0.3, 0.4) is 0 Å². The number of esters is 1. The number of hydrogen-bond donors (Lipinski definition) is 1. The minimum atomic E-state index is -0.210. The molecule has 198 valence electrons. The fraction of sp³-hybridized carbons (Fsp3) is 0.727. The van der Waals surface area contributed by atoms with E-state index in [1.54, 1.807) is 29.8 Å². The maximum atomic E-state index is 12.7. The van der Waals surface area contributed by atoms with Gasteiger partial charge in [-0.25, -0.2) is 4.79 Å². The van der Waals surface area contributed by atoms with Gasteiger partial charge in [0, 0.05) is 12.1 Å². The first-order valence-corrected chi connectivity index (χ1v) is 15.0. The average Bonchev–Trinajstić information content (AvgIpc) is 3.29. The zero-order valence-electron chi connectivity index (χ0n) is 23.2. The van der Waals surface area contributed by atoms with E-state index in [0.29, 0.717) is 16.7 Å². The lowest BCUT2D eigenvalue weighted by molar-refractivity contribution is -0.0240. The number of carbonyl (C=O) groups is 1. The fourth-order valence-corrected chi connectivity index (χ4v) is 9.03. The molecule has 4 aliphatic rings. The number of nitrogen functional groups attached to an aromatic ring is 1. The highest BCUT2D eigenvalue weighted by molar-refractivity contribution is 5.89. The predicted octanol–water partition coefficient (Wildman–Crippen LogP) is 8.45. The zero-order chi connectivity index (χ0) is 25.4. The van der Waals surface area contributed by atoms with E-state index in [9.17, 15) is 4.79 Å². The average molecular weight is 492 g/mol. The second-order valence-electron chi connectivity index (χ2n) is 13.5. The van der Waals surface area contributed by atoms with Gasteiger partial charge >= 0.3 is 5.97 Å². The molecule has 3 nitrogen and oxygen atoms in total. The highest BCUT2D eigenvalue weighted by Crippen LogP contribution is 2.63. The van der Waals surface area contributed by atoms with Crippen LogP contribution in [0.15, 0.2) is 35.9 Å². The molecule has 0 saturated heterocycles. The lowest BCUT2D eigenvalue weighted by atomic mass is 9.50. The van der Waals surface area contributed by atoms with Gasteiger partial charge in [0.2, 0.25) is 0 Å². The molecule has 0 spiro atoms. The van der Waals surface area contributed by atoms with Crippen LogP contribution in [-0.4, -0.2) is 12.1 Å². The molecule has 0 aromatic heterocycles. The molecule has 3 fully saturated rings. The number of ether oxygens (including phenoxy) is 1. The molecule has 36 heavy (non-hydrogen) atoms. The van der Waals surface area contributed by atoms with Crippen molar-refractivity contribution in [2.45, 2.75) is 104 Å². The maximum Gasteiger partial charge on any atom is 0.338 e. The van der Waals surface area contributed by atoms with E-state index < -0.39 is 0 Å². The van der Waals surface area contributed by atoms with Crippen LogP contribution in [0.25, 0.3) is 0 Å². The summed E-state index contributed by atoms with van der Waals surface area (Å²) in [5.41, 5.74) is 8.94. The van der Waals surface area contributed by atoms with E-state index in [1.165, 1.54) is 51.4 Å². The molecule has 0 heterocycles. The van der Waals surface area contributed by atoms with Gasteiger partial charge in [0.1, 0.15) is 6.10 Å².